The number of rotatable bonds is 7. The number of furan rings is 1. The Labute approximate surface area is 264 Å². The van der Waals surface area contributed by atoms with E-state index in [1.165, 1.54) is 20.7 Å². The summed E-state index contributed by atoms with van der Waals surface area (Å²) >= 11 is 0. The molecule has 1 aromatic heterocycles. The molecule has 2 nitrogen and oxygen atoms in total. The van der Waals surface area contributed by atoms with Crippen molar-refractivity contribution >= 4 is 67.8 Å². The number of fused-ring (bicyclic) bond motifs is 3. The molecule has 8 aromatic rings. The SMILES string of the molecule is c1ccc(N(c2ccc([Si](c3ccccc3)(c3ccccc3)c3ccccc3)cc2)c2cccc3c2oc2ccccc23)cc1. The maximum absolute atomic E-state index is 6.52. The highest BCUT2D eigenvalue weighted by atomic mass is 28.3. The molecule has 0 aliphatic rings. The average Bonchev–Trinajstić information content (AvgIpc) is 3.51. The van der Waals surface area contributed by atoms with Gasteiger partial charge in [0, 0.05) is 22.1 Å². The molecular weight excluding hydrogens is 563 g/mol. The lowest BCUT2D eigenvalue weighted by atomic mass is 10.1. The molecule has 0 aliphatic carbocycles. The van der Waals surface area contributed by atoms with Crippen LogP contribution in [0.4, 0.5) is 17.1 Å². The average molecular weight is 594 g/mol. The van der Waals surface area contributed by atoms with Crippen LogP contribution in [0.1, 0.15) is 0 Å². The summed E-state index contributed by atoms with van der Waals surface area (Å²) in [5.74, 6) is 0. The van der Waals surface area contributed by atoms with Crippen LogP contribution in [-0.2, 0) is 0 Å². The van der Waals surface area contributed by atoms with E-state index in [4.69, 9.17) is 4.42 Å². The van der Waals surface area contributed by atoms with E-state index < -0.39 is 8.07 Å². The Balaban J connectivity index is 1.35. The first-order valence-corrected chi connectivity index (χ1v) is 17.4. The van der Waals surface area contributed by atoms with E-state index in [1.807, 2.05) is 12.1 Å². The Morgan fingerprint density at radius 1 is 0.356 bits per heavy atom. The quantitative estimate of drug-likeness (QED) is 0.136. The lowest BCUT2D eigenvalue weighted by molar-refractivity contribution is 0.669. The van der Waals surface area contributed by atoms with Crippen LogP contribution in [0, 0.1) is 0 Å². The van der Waals surface area contributed by atoms with Crippen molar-refractivity contribution in [2.24, 2.45) is 0 Å². The third kappa shape index (κ3) is 4.57. The van der Waals surface area contributed by atoms with E-state index in [0.717, 1.165) is 39.0 Å². The van der Waals surface area contributed by atoms with Gasteiger partial charge in [0.05, 0.1) is 5.69 Å². The van der Waals surface area contributed by atoms with Gasteiger partial charge in [-0.3, -0.25) is 0 Å². The number of anilines is 3. The van der Waals surface area contributed by atoms with Crippen LogP contribution in [0.15, 0.2) is 192 Å². The number of hydrogen-bond donors (Lipinski definition) is 0. The van der Waals surface area contributed by atoms with Crippen LogP contribution in [0.25, 0.3) is 21.9 Å². The standard InChI is InChI=1S/C42H31NOSi/c1-5-16-32(17-6-1)43(40-26-15-25-39-38-24-13-14-27-41(38)44-42(39)40)33-28-30-37(31-29-33)45(34-18-7-2-8-19-34,35-20-9-3-10-21-35)36-22-11-4-12-23-36/h1-31H. The maximum atomic E-state index is 6.52. The highest BCUT2D eigenvalue weighted by Crippen LogP contribution is 2.41. The molecule has 0 spiro atoms. The van der Waals surface area contributed by atoms with Crippen LogP contribution in [0.5, 0.6) is 0 Å². The summed E-state index contributed by atoms with van der Waals surface area (Å²) in [6.07, 6.45) is 0. The maximum Gasteiger partial charge on any atom is 0.179 e. The van der Waals surface area contributed by atoms with Gasteiger partial charge < -0.3 is 9.32 Å². The molecule has 7 aromatic carbocycles. The number of para-hydroxylation sites is 3. The molecule has 8 rings (SSSR count). The smallest absolute Gasteiger partial charge is 0.179 e. The first-order chi connectivity index (χ1) is 22.3. The molecule has 3 heteroatoms. The van der Waals surface area contributed by atoms with Crippen LogP contribution >= 0.6 is 0 Å². The van der Waals surface area contributed by atoms with Gasteiger partial charge in [0.15, 0.2) is 13.7 Å². The predicted molar refractivity (Wildman–Crippen MR) is 192 cm³/mol. The fourth-order valence-electron chi connectivity index (χ4n) is 6.84. The fraction of sp³-hybridized carbons (Fsp3) is 0. The molecule has 0 fully saturated rings. The van der Waals surface area contributed by atoms with Gasteiger partial charge in [-0.05, 0) is 57.1 Å². The lowest BCUT2D eigenvalue weighted by Gasteiger charge is -2.35. The Morgan fingerprint density at radius 2 is 0.800 bits per heavy atom. The molecule has 214 valence electrons. The van der Waals surface area contributed by atoms with Crippen molar-refractivity contribution in [1.29, 1.82) is 0 Å². The summed E-state index contributed by atoms with van der Waals surface area (Å²) in [5, 5.41) is 7.67. The largest absolute Gasteiger partial charge is 0.454 e. The van der Waals surface area contributed by atoms with Crippen molar-refractivity contribution in [1.82, 2.24) is 0 Å². The summed E-state index contributed by atoms with van der Waals surface area (Å²) in [6, 6.07) is 67.7. The summed E-state index contributed by atoms with van der Waals surface area (Å²) in [6.45, 7) is 0. The molecule has 0 radical (unpaired) electrons. The molecule has 1 heterocycles. The number of benzene rings is 7. The second-order valence-corrected chi connectivity index (χ2v) is 15.1. The van der Waals surface area contributed by atoms with E-state index in [-0.39, 0.29) is 0 Å². The Morgan fingerprint density at radius 3 is 1.38 bits per heavy atom. The van der Waals surface area contributed by atoms with Crippen LogP contribution < -0.4 is 25.6 Å². The topological polar surface area (TPSA) is 16.4 Å². The Kier molecular flexibility index (Phi) is 6.86. The van der Waals surface area contributed by atoms with Crippen molar-refractivity contribution in [3.63, 3.8) is 0 Å². The molecule has 0 bridgehead atoms. The molecule has 0 N–H and O–H groups in total. The number of nitrogens with zero attached hydrogens (tertiary/aromatic N) is 1. The third-order valence-electron chi connectivity index (χ3n) is 8.82. The predicted octanol–water partition coefficient (Wildman–Crippen LogP) is 8.43. The van der Waals surface area contributed by atoms with Gasteiger partial charge >= 0.3 is 0 Å². The molecule has 0 aliphatic heterocycles. The molecule has 0 amide bonds. The summed E-state index contributed by atoms with van der Waals surface area (Å²) < 4.78 is 6.52. The highest BCUT2D eigenvalue weighted by molar-refractivity contribution is 7.19. The van der Waals surface area contributed by atoms with Gasteiger partial charge in [-0.1, -0.05) is 152 Å². The van der Waals surface area contributed by atoms with Crippen LogP contribution in [0.2, 0.25) is 0 Å². The van der Waals surface area contributed by atoms with Gasteiger partial charge in [-0.25, -0.2) is 0 Å². The molecule has 0 atom stereocenters. The Bertz CT molecular complexity index is 2100. The van der Waals surface area contributed by atoms with E-state index in [1.54, 1.807) is 0 Å². The second kappa shape index (κ2) is 11.5. The molecule has 45 heavy (non-hydrogen) atoms. The fourth-order valence-corrected chi connectivity index (χ4v) is 11.6. The van der Waals surface area contributed by atoms with Crippen LogP contribution in [0.3, 0.4) is 0 Å². The minimum absolute atomic E-state index is 0.883. The van der Waals surface area contributed by atoms with E-state index in [9.17, 15) is 0 Å². The summed E-state index contributed by atoms with van der Waals surface area (Å²) in [5.41, 5.74) is 4.95. The van der Waals surface area contributed by atoms with Crippen molar-refractivity contribution < 1.29 is 4.42 Å². The minimum Gasteiger partial charge on any atom is -0.454 e. The van der Waals surface area contributed by atoms with Gasteiger partial charge in [0.2, 0.25) is 0 Å². The van der Waals surface area contributed by atoms with Gasteiger partial charge in [0.25, 0.3) is 0 Å². The van der Waals surface area contributed by atoms with Crippen molar-refractivity contribution in [2.45, 2.75) is 0 Å². The molecule has 0 saturated heterocycles. The first-order valence-electron chi connectivity index (χ1n) is 15.4. The van der Waals surface area contributed by atoms with Crippen molar-refractivity contribution in [3.8, 4) is 0 Å². The minimum atomic E-state index is -2.62. The van der Waals surface area contributed by atoms with Crippen LogP contribution in [-0.4, -0.2) is 8.07 Å². The van der Waals surface area contributed by atoms with Gasteiger partial charge in [0.1, 0.15) is 5.58 Å². The van der Waals surface area contributed by atoms with Crippen molar-refractivity contribution in [3.05, 3.63) is 188 Å². The van der Waals surface area contributed by atoms with E-state index >= 15 is 0 Å². The molecule has 0 saturated carbocycles. The third-order valence-corrected chi connectivity index (χ3v) is 13.6. The van der Waals surface area contributed by atoms with E-state index in [2.05, 4.69) is 181 Å². The summed E-state index contributed by atoms with van der Waals surface area (Å²) in [7, 11) is -2.62. The van der Waals surface area contributed by atoms with Gasteiger partial charge in [-0.15, -0.1) is 0 Å². The zero-order valence-electron chi connectivity index (χ0n) is 24.8. The second-order valence-electron chi connectivity index (χ2n) is 11.3. The zero-order chi connectivity index (χ0) is 30.1. The highest BCUT2D eigenvalue weighted by Gasteiger charge is 2.41. The normalized spacial score (nSPS) is 11.6. The zero-order valence-corrected chi connectivity index (χ0v) is 25.8. The van der Waals surface area contributed by atoms with E-state index in [0.29, 0.717) is 0 Å². The lowest BCUT2D eigenvalue weighted by Crippen LogP contribution is -2.74. The van der Waals surface area contributed by atoms with Gasteiger partial charge in [-0.2, -0.15) is 0 Å². The summed E-state index contributed by atoms with van der Waals surface area (Å²) in [4.78, 5) is 2.31. The monoisotopic (exact) mass is 593 g/mol. The molecular formula is C42H31NOSi. The Hall–Kier alpha value is -5.64. The molecule has 0 unspecified atom stereocenters. The first kappa shape index (κ1) is 26.9. The number of hydrogen-bond acceptors (Lipinski definition) is 2. The van der Waals surface area contributed by atoms with Crippen molar-refractivity contribution in [2.75, 3.05) is 4.90 Å².